The first-order valence-electron chi connectivity index (χ1n) is 9.20. The van der Waals surface area contributed by atoms with Gasteiger partial charge in [-0.2, -0.15) is 5.10 Å². The molecule has 160 valence electrons. The van der Waals surface area contributed by atoms with Gasteiger partial charge in [-0.1, -0.05) is 54.7 Å². The maximum absolute atomic E-state index is 12.5. The molecular formula is C21H22Cl3N3O3. The Morgan fingerprint density at radius 1 is 1.07 bits per heavy atom. The van der Waals surface area contributed by atoms with Gasteiger partial charge in [-0.3, -0.25) is 9.59 Å². The molecule has 0 heterocycles. The molecule has 0 saturated carbocycles. The van der Waals surface area contributed by atoms with Crippen molar-refractivity contribution in [2.45, 2.75) is 26.3 Å². The first-order chi connectivity index (χ1) is 14.2. The van der Waals surface area contributed by atoms with Gasteiger partial charge in [-0.25, -0.2) is 5.43 Å². The number of hydrazone groups is 1. The van der Waals surface area contributed by atoms with E-state index in [0.717, 1.165) is 0 Å². The number of benzene rings is 2. The van der Waals surface area contributed by atoms with Crippen molar-refractivity contribution in [2.24, 2.45) is 11.0 Å². The van der Waals surface area contributed by atoms with Crippen molar-refractivity contribution in [1.82, 2.24) is 10.7 Å². The Bertz CT molecular complexity index is 902. The van der Waals surface area contributed by atoms with Gasteiger partial charge in [0, 0.05) is 15.6 Å². The molecule has 2 rings (SSSR count). The summed E-state index contributed by atoms with van der Waals surface area (Å²) in [5, 5.41) is 8.08. The predicted octanol–water partition coefficient (Wildman–Crippen LogP) is 4.71. The molecule has 6 nitrogen and oxygen atoms in total. The van der Waals surface area contributed by atoms with E-state index in [2.05, 4.69) is 15.8 Å². The molecule has 0 aliphatic carbocycles. The van der Waals surface area contributed by atoms with Gasteiger partial charge in [0.2, 0.25) is 0 Å². The largest absolute Gasteiger partial charge is 0.484 e. The SMILES string of the molecule is CC(C)C[C@@H](NC(=O)COc1ccc(Cl)cc1)C(=O)N/N=C\c1ccc(Cl)cc1Cl. The lowest BCUT2D eigenvalue weighted by molar-refractivity contribution is -0.130. The predicted molar refractivity (Wildman–Crippen MR) is 121 cm³/mol. The van der Waals surface area contributed by atoms with Crippen molar-refractivity contribution < 1.29 is 14.3 Å². The summed E-state index contributed by atoms with van der Waals surface area (Å²) < 4.78 is 5.41. The summed E-state index contributed by atoms with van der Waals surface area (Å²) in [7, 11) is 0. The average molecular weight is 471 g/mol. The minimum Gasteiger partial charge on any atom is -0.484 e. The van der Waals surface area contributed by atoms with Crippen molar-refractivity contribution in [2.75, 3.05) is 6.61 Å². The fraction of sp³-hybridized carbons (Fsp3) is 0.286. The molecule has 0 aliphatic heterocycles. The molecule has 0 spiro atoms. The van der Waals surface area contributed by atoms with Gasteiger partial charge >= 0.3 is 0 Å². The molecule has 0 aromatic heterocycles. The molecule has 0 fully saturated rings. The quantitative estimate of drug-likeness (QED) is 0.411. The molecular weight excluding hydrogens is 449 g/mol. The van der Waals surface area contributed by atoms with Crippen LogP contribution in [0.2, 0.25) is 15.1 Å². The van der Waals surface area contributed by atoms with E-state index in [1.165, 1.54) is 6.21 Å². The standard InChI is InChI=1S/C21H22Cl3N3O3/c1-13(2)9-19(26-20(28)12-30-17-7-5-15(22)6-8-17)21(29)27-25-11-14-3-4-16(23)10-18(14)24/h3-8,10-11,13,19H,9,12H2,1-2H3,(H,26,28)(H,27,29)/b25-11-/t19-/m1/s1. The monoisotopic (exact) mass is 469 g/mol. The van der Waals surface area contributed by atoms with Crippen LogP contribution in [-0.4, -0.2) is 30.7 Å². The van der Waals surface area contributed by atoms with E-state index in [1.54, 1.807) is 42.5 Å². The van der Waals surface area contributed by atoms with Crippen LogP contribution in [0.3, 0.4) is 0 Å². The Kier molecular flexibility index (Phi) is 9.43. The van der Waals surface area contributed by atoms with Crippen LogP contribution in [0.4, 0.5) is 0 Å². The van der Waals surface area contributed by atoms with Gasteiger partial charge < -0.3 is 10.1 Å². The van der Waals surface area contributed by atoms with E-state index >= 15 is 0 Å². The number of nitrogens with one attached hydrogen (secondary N) is 2. The van der Waals surface area contributed by atoms with Crippen molar-refractivity contribution >= 4 is 52.8 Å². The highest BCUT2D eigenvalue weighted by Gasteiger charge is 2.22. The van der Waals surface area contributed by atoms with Crippen LogP contribution in [0.25, 0.3) is 0 Å². The number of carbonyl (C=O) groups is 2. The van der Waals surface area contributed by atoms with Crippen LogP contribution >= 0.6 is 34.8 Å². The van der Waals surface area contributed by atoms with E-state index in [-0.39, 0.29) is 12.5 Å². The summed E-state index contributed by atoms with van der Waals surface area (Å²) in [6.45, 7) is 3.67. The van der Waals surface area contributed by atoms with Gasteiger partial charge in [0.25, 0.3) is 11.8 Å². The highest BCUT2D eigenvalue weighted by molar-refractivity contribution is 6.36. The fourth-order valence-corrected chi connectivity index (χ4v) is 3.05. The highest BCUT2D eigenvalue weighted by atomic mass is 35.5. The van der Waals surface area contributed by atoms with Gasteiger partial charge in [-0.05, 0) is 48.7 Å². The number of rotatable bonds is 9. The molecule has 1 atom stereocenters. The zero-order chi connectivity index (χ0) is 22.1. The number of carbonyl (C=O) groups excluding carboxylic acids is 2. The first-order valence-corrected chi connectivity index (χ1v) is 10.3. The van der Waals surface area contributed by atoms with E-state index in [4.69, 9.17) is 39.5 Å². The molecule has 0 saturated heterocycles. The Morgan fingerprint density at radius 2 is 1.73 bits per heavy atom. The van der Waals surface area contributed by atoms with E-state index in [1.807, 2.05) is 13.8 Å². The second-order valence-corrected chi connectivity index (χ2v) is 8.17. The molecule has 0 unspecified atom stereocenters. The summed E-state index contributed by atoms with van der Waals surface area (Å²) in [4.78, 5) is 24.7. The van der Waals surface area contributed by atoms with Gasteiger partial charge in [-0.15, -0.1) is 0 Å². The lowest BCUT2D eigenvalue weighted by atomic mass is 10.0. The van der Waals surface area contributed by atoms with Crippen LogP contribution in [0, 0.1) is 5.92 Å². The van der Waals surface area contributed by atoms with Crippen LogP contribution in [0.1, 0.15) is 25.8 Å². The van der Waals surface area contributed by atoms with Crippen LogP contribution < -0.4 is 15.5 Å². The van der Waals surface area contributed by atoms with Crippen molar-refractivity contribution in [1.29, 1.82) is 0 Å². The summed E-state index contributed by atoms with van der Waals surface area (Å²) in [5.74, 6) is -0.183. The third kappa shape index (κ3) is 8.22. The lowest BCUT2D eigenvalue weighted by Gasteiger charge is -2.19. The molecule has 0 aliphatic rings. The number of nitrogens with zero attached hydrogens (tertiary/aromatic N) is 1. The first kappa shape index (κ1) is 24.0. The Hall–Kier alpha value is -2.28. The smallest absolute Gasteiger partial charge is 0.262 e. The fourth-order valence-electron chi connectivity index (χ4n) is 2.47. The Morgan fingerprint density at radius 3 is 2.37 bits per heavy atom. The summed E-state index contributed by atoms with van der Waals surface area (Å²) in [6, 6.07) is 10.8. The maximum atomic E-state index is 12.5. The minimum atomic E-state index is -0.760. The number of hydrogen-bond donors (Lipinski definition) is 2. The molecule has 9 heteroatoms. The summed E-state index contributed by atoms with van der Waals surface area (Å²) >= 11 is 17.7. The lowest BCUT2D eigenvalue weighted by Crippen LogP contribution is -2.47. The van der Waals surface area contributed by atoms with E-state index in [0.29, 0.717) is 32.8 Å². The van der Waals surface area contributed by atoms with Crippen LogP contribution in [0.5, 0.6) is 5.75 Å². The number of hydrogen-bond acceptors (Lipinski definition) is 4. The van der Waals surface area contributed by atoms with Crippen LogP contribution in [-0.2, 0) is 9.59 Å². The molecule has 2 N–H and O–H groups in total. The van der Waals surface area contributed by atoms with Gasteiger partial charge in [0.05, 0.1) is 11.2 Å². The Labute approximate surface area is 190 Å². The van der Waals surface area contributed by atoms with Crippen molar-refractivity contribution in [3.8, 4) is 5.75 Å². The second-order valence-electron chi connectivity index (χ2n) is 6.89. The topological polar surface area (TPSA) is 79.8 Å². The minimum absolute atomic E-state index is 0.174. The molecule has 2 aromatic rings. The zero-order valence-electron chi connectivity index (χ0n) is 16.5. The summed E-state index contributed by atoms with van der Waals surface area (Å²) in [5.41, 5.74) is 3.03. The van der Waals surface area contributed by atoms with Crippen molar-refractivity contribution in [3.05, 3.63) is 63.1 Å². The van der Waals surface area contributed by atoms with Gasteiger partial charge in [0.1, 0.15) is 11.8 Å². The van der Waals surface area contributed by atoms with Gasteiger partial charge in [0.15, 0.2) is 6.61 Å². The van der Waals surface area contributed by atoms with E-state index in [9.17, 15) is 9.59 Å². The summed E-state index contributed by atoms with van der Waals surface area (Å²) in [6.07, 6.45) is 1.85. The number of amides is 2. The maximum Gasteiger partial charge on any atom is 0.262 e. The molecule has 30 heavy (non-hydrogen) atoms. The van der Waals surface area contributed by atoms with Crippen molar-refractivity contribution in [3.63, 3.8) is 0 Å². The third-order valence-corrected chi connectivity index (χ3v) is 4.70. The third-order valence-electron chi connectivity index (χ3n) is 3.88. The zero-order valence-corrected chi connectivity index (χ0v) is 18.8. The molecule has 2 amide bonds. The normalized spacial score (nSPS) is 12.1. The molecule has 0 radical (unpaired) electrons. The molecule has 2 aromatic carbocycles. The highest BCUT2D eigenvalue weighted by Crippen LogP contribution is 2.19. The Balaban J connectivity index is 1.92. The van der Waals surface area contributed by atoms with Crippen LogP contribution in [0.15, 0.2) is 47.6 Å². The average Bonchev–Trinajstić information content (AvgIpc) is 2.68. The molecule has 0 bridgehead atoms. The number of ether oxygens (including phenoxy) is 1. The second kappa shape index (κ2) is 11.8. The number of halogens is 3. The van der Waals surface area contributed by atoms with E-state index < -0.39 is 17.9 Å².